The Kier molecular flexibility index (Phi) is 2.05. The molecule has 0 fully saturated rings. The largest absolute Gasteiger partial charge is 0.508 e. The molecule has 0 aliphatic carbocycles. The second-order valence-corrected chi connectivity index (χ2v) is 2.81. The molecule has 0 bridgehead atoms. The molecule has 0 saturated carbocycles. The lowest BCUT2D eigenvalue weighted by molar-refractivity contribution is -0.384. The molecule has 1 N–H and O–H groups in total. The number of phenols is 1. The van der Waals surface area contributed by atoms with Crippen LogP contribution >= 0.6 is 0 Å². The van der Waals surface area contributed by atoms with Crippen LogP contribution in [0.4, 0.5) is 5.69 Å². The molecule has 0 spiro atoms. The van der Waals surface area contributed by atoms with Crippen molar-refractivity contribution in [2.24, 2.45) is 0 Å². The van der Waals surface area contributed by atoms with Crippen LogP contribution < -0.4 is 0 Å². The van der Waals surface area contributed by atoms with E-state index in [-0.39, 0.29) is 11.4 Å². The van der Waals surface area contributed by atoms with Gasteiger partial charge in [-0.1, -0.05) is 5.21 Å². The number of nitro benzene ring substituents is 1. The van der Waals surface area contributed by atoms with E-state index in [2.05, 4.69) is 10.3 Å². The highest BCUT2D eigenvalue weighted by atomic mass is 16.6. The maximum atomic E-state index is 10.5. The molecule has 7 nitrogen and oxygen atoms in total. The Morgan fingerprint density at radius 1 is 1.40 bits per heavy atom. The average molecular weight is 206 g/mol. The highest BCUT2D eigenvalue weighted by Crippen LogP contribution is 2.23. The van der Waals surface area contributed by atoms with Crippen LogP contribution in [0.1, 0.15) is 0 Å². The van der Waals surface area contributed by atoms with E-state index in [0.717, 1.165) is 6.07 Å². The van der Waals surface area contributed by atoms with Crippen LogP contribution in [0.25, 0.3) is 5.69 Å². The Labute approximate surface area is 83.7 Å². The fraction of sp³-hybridized carbons (Fsp3) is 0. The number of nitrogens with zero attached hydrogens (tertiary/aromatic N) is 4. The van der Waals surface area contributed by atoms with Crippen molar-refractivity contribution >= 4 is 5.69 Å². The number of rotatable bonds is 2. The zero-order valence-electron chi connectivity index (χ0n) is 7.44. The van der Waals surface area contributed by atoms with Gasteiger partial charge in [0.1, 0.15) is 5.75 Å². The van der Waals surface area contributed by atoms with Gasteiger partial charge in [-0.05, 0) is 0 Å². The summed E-state index contributed by atoms with van der Waals surface area (Å²) >= 11 is 0. The van der Waals surface area contributed by atoms with E-state index in [1.807, 2.05) is 0 Å². The Bertz CT molecular complexity index is 495. The van der Waals surface area contributed by atoms with E-state index in [0.29, 0.717) is 5.69 Å². The van der Waals surface area contributed by atoms with E-state index in [9.17, 15) is 15.2 Å². The summed E-state index contributed by atoms with van der Waals surface area (Å²) in [5.41, 5.74) is 0.194. The standard InChI is InChI=1S/C8H6N4O3/c13-8-4-6(11-2-1-9-10-11)3-7(5-8)12(14)15/h1-5,13H. The Morgan fingerprint density at radius 3 is 2.80 bits per heavy atom. The Morgan fingerprint density at radius 2 is 2.20 bits per heavy atom. The molecular weight excluding hydrogens is 200 g/mol. The van der Waals surface area contributed by atoms with Gasteiger partial charge < -0.3 is 5.11 Å². The molecule has 0 unspecified atom stereocenters. The minimum Gasteiger partial charge on any atom is -0.508 e. The number of nitro groups is 1. The first-order chi connectivity index (χ1) is 7.16. The monoisotopic (exact) mass is 206 g/mol. The molecule has 0 saturated heterocycles. The molecule has 0 aliphatic heterocycles. The van der Waals surface area contributed by atoms with E-state index in [1.54, 1.807) is 0 Å². The quantitative estimate of drug-likeness (QED) is 0.581. The summed E-state index contributed by atoms with van der Waals surface area (Å²) in [5, 5.41) is 27.0. The predicted octanol–water partition coefficient (Wildman–Crippen LogP) is 0.881. The van der Waals surface area contributed by atoms with Gasteiger partial charge in [0.05, 0.1) is 29.1 Å². The van der Waals surface area contributed by atoms with Crippen molar-refractivity contribution in [2.45, 2.75) is 0 Å². The molecule has 0 radical (unpaired) electrons. The maximum Gasteiger partial charge on any atom is 0.275 e. The average Bonchev–Trinajstić information content (AvgIpc) is 2.69. The first-order valence-electron chi connectivity index (χ1n) is 4.02. The van der Waals surface area contributed by atoms with Gasteiger partial charge in [-0.25, -0.2) is 4.68 Å². The number of hydrogen-bond donors (Lipinski definition) is 1. The molecule has 76 valence electrons. The van der Waals surface area contributed by atoms with Gasteiger partial charge >= 0.3 is 0 Å². The van der Waals surface area contributed by atoms with Crippen molar-refractivity contribution < 1.29 is 10.0 Å². The summed E-state index contributed by atoms with van der Waals surface area (Å²) in [6, 6.07) is 3.73. The summed E-state index contributed by atoms with van der Waals surface area (Å²) in [4.78, 5) is 9.94. The number of hydrogen-bond acceptors (Lipinski definition) is 5. The van der Waals surface area contributed by atoms with E-state index in [4.69, 9.17) is 0 Å². The first-order valence-corrected chi connectivity index (χ1v) is 4.02. The molecule has 1 aromatic carbocycles. The zero-order valence-corrected chi connectivity index (χ0v) is 7.44. The third-order valence-electron chi connectivity index (χ3n) is 1.79. The lowest BCUT2D eigenvalue weighted by Crippen LogP contribution is -1.96. The normalized spacial score (nSPS) is 10.1. The summed E-state index contributed by atoms with van der Waals surface area (Å²) in [7, 11) is 0. The van der Waals surface area contributed by atoms with Gasteiger partial charge in [-0.3, -0.25) is 10.1 Å². The Hall–Kier alpha value is -2.44. The van der Waals surface area contributed by atoms with Crippen LogP contribution in [0.3, 0.4) is 0 Å². The first kappa shape index (κ1) is 9.13. The summed E-state index contributed by atoms with van der Waals surface area (Å²) in [5.74, 6) is -0.185. The van der Waals surface area contributed by atoms with Crippen molar-refractivity contribution in [3.05, 3.63) is 40.7 Å². The molecule has 15 heavy (non-hydrogen) atoms. The van der Waals surface area contributed by atoms with Crippen molar-refractivity contribution in [1.82, 2.24) is 15.0 Å². The van der Waals surface area contributed by atoms with Crippen LogP contribution in [-0.2, 0) is 0 Å². The minimum absolute atomic E-state index is 0.185. The highest BCUT2D eigenvalue weighted by molar-refractivity contribution is 5.48. The van der Waals surface area contributed by atoms with Gasteiger partial charge in [0.2, 0.25) is 0 Å². The van der Waals surface area contributed by atoms with Gasteiger partial charge in [-0.2, -0.15) is 0 Å². The number of aromatic hydroxyl groups is 1. The molecule has 1 aromatic heterocycles. The maximum absolute atomic E-state index is 10.5. The van der Waals surface area contributed by atoms with Gasteiger partial charge in [0, 0.05) is 12.1 Å². The molecule has 2 aromatic rings. The van der Waals surface area contributed by atoms with Crippen LogP contribution in [0, 0.1) is 10.1 Å². The lowest BCUT2D eigenvalue weighted by atomic mass is 10.2. The number of aromatic nitrogens is 3. The van der Waals surface area contributed by atoms with Crippen molar-refractivity contribution in [3.63, 3.8) is 0 Å². The third-order valence-corrected chi connectivity index (χ3v) is 1.79. The third kappa shape index (κ3) is 1.75. The SMILES string of the molecule is O=[N+]([O-])c1cc(O)cc(-n2ccnn2)c1. The van der Waals surface area contributed by atoms with Crippen molar-refractivity contribution in [3.8, 4) is 11.4 Å². The topological polar surface area (TPSA) is 94.1 Å². The molecule has 1 heterocycles. The minimum atomic E-state index is -0.583. The fourth-order valence-corrected chi connectivity index (χ4v) is 1.16. The zero-order chi connectivity index (χ0) is 10.8. The molecule has 7 heteroatoms. The van der Waals surface area contributed by atoms with E-state index in [1.165, 1.54) is 29.2 Å². The highest BCUT2D eigenvalue weighted by Gasteiger charge is 2.10. The molecule has 0 amide bonds. The summed E-state index contributed by atoms with van der Waals surface area (Å²) in [6.45, 7) is 0. The molecule has 0 atom stereocenters. The van der Waals surface area contributed by atoms with Gasteiger partial charge in [-0.15, -0.1) is 5.10 Å². The van der Waals surface area contributed by atoms with Crippen LogP contribution in [0.15, 0.2) is 30.6 Å². The van der Waals surface area contributed by atoms with Crippen molar-refractivity contribution in [2.75, 3.05) is 0 Å². The van der Waals surface area contributed by atoms with Crippen LogP contribution in [0.2, 0.25) is 0 Å². The second-order valence-electron chi connectivity index (χ2n) is 2.81. The van der Waals surface area contributed by atoms with Crippen LogP contribution in [-0.4, -0.2) is 25.0 Å². The second kappa shape index (κ2) is 3.37. The van der Waals surface area contributed by atoms with E-state index < -0.39 is 4.92 Å². The lowest BCUT2D eigenvalue weighted by Gasteiger charge is -2.00. The van der Waals surface area contributed by atoms with Gasteiger partial charge in [0.15, 0.2) is 0 Å². The van der Waals surface area contributed by atoms with Gasteiger partial charge in [0.25, 0.3) is 5.69 Å². The molecule has 0 aliphatic rings. The smallest absolute Gasteiger partial charge is 0.275 e. The fourth-order valence-electron chi connectivity index (χ4n) is 1.16. The van der Waals surface area contributed by atoms with Crippen molar-refractivity contribution in [1.29, 1.82) is 0 Å². The number of benzene rings is 1. The predicted molar refractivity (Wildman–Crippen MR) is 49.7 cm³/mol. The Balaban J connectivity index is 2.54. The summed E-state index contributed by atoms with van der Waals surface area (Å²) in [6.07, 6.45) is 2.97. The summed E-state index contributed by atoms with van der Waals surface area (Å²) < 4.78 is 1.33. The van der Waals surface area contributed by atoms with Crippen LogP contribution in [0.5, 0.6) is 5.75 Å². The molecule has 2 rings (SSSR count). The number of phenolic OH excluding ortho intramolecular Hbond substituents is 1. The van der Waals surface area contributed by atoms with E-state index >= 15 is 0 Å². The molecular formula is C8H6N4O3. The number of non-ortho nitro benzene ring substituents is 1.